The van der Waals surface area contributed by atoms with Gasteiger partial charge < -0.3 is 71.1 Å². The van der Waals surface area contributed by atoms with Gasteiger partial charge in [-0.2, -0.15) is 8.78 Å². The Morgan fingerprint density at radius 1 is 0.396 bits per heavy atom. The molecule has 18 nitrogen and oxygen atoms in total. The highest BCUT2D eigenvalue weighted by atomic mass is 19.2. The molecule has 96 heavy (non-hydrogen) atoms. The summed E-state index contributed by atoms with van der Waals surface area (Å²) in [5.41, 5.74) is 5.44. The van der Waals surface area contributed by atoms with Crippen LogP contribution in [0.5, 0.6) is 17.2 Å². The SMILES string of the molecule is COCCOCc1cc(C#Cc2ccc(OC(C)=O)c(C3OCCCO3)c2)c(COCCOC)cc1C#Cc1ccc(C#Cc2cc(COCCOC)c(C#Cc3ccc(OC(C)=O)c(C4OCCCO4)c3)cc2COCCOC)c(C(=O)Oc2c(F)c(F)c(F)c(F)c2F)c1. The van der Waals surface area contributed by atoms with E-state index in [1.54, 1.807) is 60.7 Å². The fourth-order valence-corrected chi connectivity index (χ4v) is 9.35. The van der Waals surface area contributed by atoms with E-state index in [2.05, 4.69) is 47.4 Å². The van der Waals surface area contributed by atoms with Gasteiger partial charge in [0.05, 0.1) is 122 Å². The van der Waals surface area contributed by atoms with Crippen LogP contribution in [0.25, 0.3) is 0 Å². The lowest BCUT2D eigenvalue weighted by Crippen LogP contribution is -2.19. The number of rotatable bonds is 26. The first-order valence-electron chi connectivity index (χ1n) is 30.2. The number of halogens is 5. The fourth-order valence-electron chi connectivity index (χ4n) is 9.35. The van der Waals surface area contributed by atoms with Gasteiger partial charge in [-0.05, 0) is 114 Å². The first kappa shape index (κ1) is 73.0. The van der Waals surface area contributed by atoms with E-state index in [0.717, 1.165) is 0 Å². The molecule has 0 spiro atoms. The van der Waals surface area contributed by atoms with Crippen LogP contribution in [0.1, 0.15) is 128 Å². The second kappa shape index (κ2) is 37.4. The number of carbonyl (C=O) groups excluding carboxylic acids is 3. The maximum absolute atomic E-state index is 15.3. The summed E-state index contributed by atoms with van der Waals surface area (Å²) < 4.78 is 158. The summed E-state index contributed by atoms with van der Waals surface area (Å²) >= 11 is 0. The summed E-state index contributed by atoms with van der Waals surface area (Å²) in [6.45, 7) is 6.11. The van der Waals surface area contributed by atoms with Gasteiger partial charge in [0.1, 0.15) is 11.5 Å². The van der Waals surface area contributed by atoms with Crippen molar-refractivity contribution >= 4 is 17.9 Å². The molecule has 0 atom stereocenters. The van der Waals surface area contributed by atoms with Crippen LogP contribution < -0.4 is 14.2 Å². The highest BCUT2D eigenvalue weighted by Crippen LogP contribution is 2.35. The van der Waals surface area contributed by atoms with Gasteiger partial charge in [-0.3, -0.25) is 9.59 Å². The van der Waals surface area contributed by atoms with E-state index in [0.29, 0.717) is 106 Å². The van der Waals surface area contributed by atoms with E-state index < -0.39 is 70.9 Å². The lowest BCUT2D eigenvalue weighted by Gasteiger charge is -2.25. The summed E-state index contributed by atoms with van der Waals surface area (Å²) in [4.78, 5) is 38.5. The van der Waals surface area contributed by atoms with Crippen LogP contribution in [-0.2, 0) is 92.9 Å². The fraction of sp³-hybridized carbons (Fsp3) is 0.356. The van der Waals surface area contributed by atoms with E-state index in [1.165, 1.54) is 60.5 Å². The van der Waals surface area contributed by atoms with Crippen molar-refractivity contribution in [1.29, 1.82) is 0 Å². The summed E-state index contributed by atoms with van der Waals surface area (Å²) in [7, 11) is 6.09. The van der Waals surface area contributed by atoms with E-state index >= 15 is 8.78 Å². The molecular weight excluding hydrogens is 1260 g/mol. The van der Waals surface area contributed by atoms with Gasteiger partial charge in [0.15, 0.2) is 12.6 Å². The molecule has 23 heteroatoms. The zero-order valence-electron chi connectivity index (χ0n) is 53.6. The third-order valence-corrected chi connectivity index (χ3v) is 14.1. The Hall–Kier alpha value is -8.86. The smallest absolute Gasteiger partial charge is 0.345 e. The third-order valence-electron chi connectivity index (χ3n) is 14.1. The van der Waals surface area contributed by atoms with Crippen LogP contribution in [0, 0.1) is 76.4 Å². The Morgan fingerprint density at radius 3 is 1.07 bits per heavy atom. The number of hydrogen-bond donors (Lipinski definition) is 0. The molecule has 0 aliphatic carbocycles. The molecule has 0 radical (unpaired) electrons. The van der Waals surface area contributed by atoms with Crippen molar-refractivity contribution in [2.24, 2.45) is 0 Å². The number of methoxy groups -OCH3 is 4. The van der Waals surface area contributed by atoms with Crippen molar-refractivity contribution in [3.05, 3.63) is 191 Å². The second-order valence-electron chi connectivity index (χ2n) is 21.1. The maximum Gasteiger partial charge on any atom is 0.345 e. The Balaban J connectivity index is 1.24. The molecule has 2 saturated heterocycles. The first-order chi connectivity index (χ1) is 46.6. The minimum Gasteiger partial charge on any atom is -0.426 e. The molecule has 2 aliphatic heterocycles. The second-order valence-corrected chi connectivity index (χ2v) is 21.1. The predicted molar refractivity (Wildman–Crippen MR) is 335 cm³/mol. The summed E-state index contributed by atoms with van der Waals surface area (Å²) in [5, 5.41) is 0. The van der Waals surface area contributed by atoms with Crippen molar-refractivity contribution < 1.29 is 107 Å². The summed E-state index contributed by atoms with van der Waals surface area (Å²) in [5.74, 6) is 9.15. The van der Waals surface area contributed by atoms with Crippen LogP contribution in [-0.4, -0.2) is 126 Å². The minimum absolute atomic E-state index is 0.00165. The standard InChI is InChI=1S/C73H69F5O18/c1-46(79)94-63-21-13-49(36-61(63)72-90-23-7-24-91-72)11-17-53-39-56(42-86-31-27-82-3)52(38-57(53)43-87-32-28-83-4)16-10-48-9-15-51(60(35-48)71(81)96-70-68(77)66(75)65(74)67(76)69(70)78)19-20-55-41-58(44-88-33-29-84-5)54(40-59(55)45-89-34-30-85-6)18-12-50-14-22-64(95-47(2)80)62(37-50)73-92-25-8-26-93-73/h9,13-15,21-22,35-41,72-73H,7-8,23-34,42-45H2,1-6H3. The molecule has 0 bridgehead atoms. The van der Waals surface area contributed by atoms with E-state index in [9.17, 15) is 27.6 Å². The quantitative estimate of drug-likeness (QED) is 0.00947. The van der Waals surface area contributed by atoms with Gasteiger partial charge in [0, 0.05) is 86.8 Å². The number of benzene rings is 6. The summed E-state index contributed by atoms with van der Waals surface area (Å²) in [6.07, 6.45) is -0.242. The van der Waals surface area contributed by atoms with Gasteiger partial charge in [-0.25, -0.2) is 18.0 Å². The topological polar surface area (TPSA) is 190 Å². The molecule has 6 aromatic carbocycles. The molecule has 2 fully saturated rings. The van der Waals surface area contributed by atoms with Crippen LogP contribution in [0.2, 0.25) is 0 Å². The van der Waals surface area contributed by atoms with Gasteiger partial charge in [0.25, 0.3) is 0 Å². The lowest BCUT2D eigenvalue weighted by molar-refractivity contribution is -0.184. The molecule has 504 valence electrons. The molecular formula is C73H69F5O18. The summed E-state index contributed by atoms with van der Waals surface area (Å²) in [6, 6.07) is 21.1. The maximum atomic E-state index is 15.3. The third kappa shape index (κ3) is 20.8. The van der Waals surface area contributed by atoms with Crippen LogP contribution in [0.3, 0.4) is 0 Å². The monoisotopic (exact) mass is 1330 g/mol. The van der Waals surface area contributed by atoms with Crippen LogP contribution in [0.4, 0.5) is 22.0 Å². The predicted octanol–water partition coefficient (Wildman–Crippen LogP) is 10.6. The van der Waals surface area contributed by atoms with Crippen molar-refractivity contribution in [2.45, 2.75) is 65.7 Å². The molecule has 0 aromatic heterocycles. The molecule has 2 aliphatic rings. The highest BCUT2D eigenvalue weighted by molar-refractivity contribution is 5.94. The Kier molecular flexibility index (Phi) is 28.5. The van der Waals surface area contributed by atoms with Gasteiger partial charge in [-0.1, -0.05) is 47.4 Å². The number of ether oxygens (including phenoxy) is 15. The largest absolute Gasteiger partial charge is 0.426 e. The number of hydrogen-bond acceptors (Lipinski definition) is 18. The molecule has 2 heterocycles. The van der Waals surface area contributed by atoms with Gasteiger partial charge in [-0.15, -0.1) is 0 Å². The molecule has 0 saturated carbocycles. The minimum atomic E-state index is -2.46. The zero-order valence-corrected chi connectivity index (χ0v) is 53.6. The van der Waals surface area contributed by atoms with Gasteiger partial charge in [0.2, 0.25) is 34.8 Å². The van der Waals surface area contributed by atoms with E-state index in [-0.39, 0.29) is 102 Å². The lowest BCUT2D eigenvalue weighted by atomic mass is 9.97. The normalized spacial score (nSPS) is 13.1. The van der Waals surface area contributed by atoms with E-state index in [1.807, 2.05) is 0 Å². The highest BCUT2D eigenvalue weighted by Gasteiger charge is 2.30. The van der Waals surface area contributed by atoms with Crippen LogP contribution >= 0.6 is 0 Å². The molecule has 0 N–H and O–H groups in total. The Morgan fingerprint density at radius 2 is 0.719 bits per heavy atom. The van der Waals surface area contributed by atoms with Crippen molar-refractivity contribution in [3.8, 4) is 64.6 Å². The van der Waals surface area contributed by atoms with E-state index in [4.69, 9.17) is 71.1 Å². The zero-order chi connectivity index (χ0) is 68.3. The van der Waals surface area contributed by atoms with Crippen LogP contribution in [0.15, 0.2) is 78.9 Å². The number of carbonyl (C=O) groups is 3. The Labute approximate surface area is 552 Å². The van der Waals surface area contributed by atoms with Gasteiger partial charge >= 0.3 is 17.9 Å². The first-order valence-corrected chi connectivity index (χ1v) is 30.2. The molecule has 0 unspecified atom stereocenters. The molecule has 8 rings (SSSR count). The average Bonchev–Trinajstić information content (AvgIpc) is 0.815. The van der Waals surface area contributed by atoms with Crippen molar-refractivity contribution in [3.63, 3.8) is 0 Å². The average molecular weight is 1330 g/mol. The molecule has 0 amide bonds. The Bertz CT molecular complexity index is 3970. The van der Waals surface area contributed by atoms with Crippen molar-refractivity contribution in [1.82, 2.24) is 0 Å². The number of esters is 3. The molecule has 6 aromatic rings. The van der Waals surface area contributed by atoms with Crippen molar-refractivity contribution in [2.75, 3.05) is 108 Å².